The molecule has 1 atom stereocenters. The second kappa shape index (κ2) is 7.56. The van der Waals surface area contributed by atoms with E-state index in [2.05, 4.69) is 53.2 Å². The van der Waals surface area contributed by atoms with Gasteiger partial charge in [0, 0.05) is 22.9 Å². The molecule has 1 N–H and O–H groups in total. The van der Waals surface area contributed by atoms with Crippen LogP contribution in [0.5, 0.6) is 0 Å². The van der Waals surface area contributed by atoms with Crippen molar-refractivity contribution in [3.05, 3.63) is 28.5 Å². The van der Waals surface area contributed by atoms with Gasteiger partial charge in [0.15, 0.2) is 0 Å². The Bertz CT molecular complexity index is 411. The molecule has 0 spiro atoms. The lowest BCUT2D eigenvalue weighted by atomic mass is 9.74. The van der Waals surface area contributed by atoms with Gasteiger partial charge in [0.25, 0.3) is 0 Å². The van der Waals surface area contributed by atoms with E-state index in [9.17, 15) is 0 Å². The molecule has 20 heavy (non-hydrogen) atoms. The van der Waals surface area contributed by atoms with Crippen LogP contribution >= 0.6 is 15.9 Å². The Balaban J connectivity index is 1.92. The lowest BCUT2D eigenvalue weighted by Gasteiger charge is -2.35. The maximum Gasteiger partial charge on any atom is 0.0410 e. The first kappa shape index (κ1) is 16.0. The van der Waals surface area contributed by atoms with Crippen molar-refractivity contribution in [1.82, 2.24) is 10.3 Å². The maximum absolute atomic E-state index is 4.28. The van der Waals surface area contributed by atoms with Crippen LogP contribution in [0.25, 0.3) is 0 Å². The number of halogens is 1. The van der Waals surface area contributed by atoms with Crippen LogP contribution < -0.4 is 5.32 Å². The van der Waals surface area contributed by atoms with E-state index >= 15 is 0 Å². The smallest absolute Gasteiger partial charge is 0.0410 e. The van der Waals surface area contributed by atoms with Crippen molar-refractivity contribution in [3.63, 3.8) is 0 Å². The molecule has 0 aromatic carbocycles. The molecule has 1 aliphatic rings. The highest BCUT2D eigenvalue weighted by Crippen LogP contribution is 2.35. The van der Waals surface area contributed by atoms with E-state index in [1.807, 2.05) is 12.4 Å². The minimum atomic E-state index is 0.583. The second-order valence-corrected chi connectivity index (χ2v) is 7.45. The molecule has 1 aromatic rings. The summed E-state index contributed by atoms with van der Waals surface area (Å²) in [7, 11) is 2.10. The molecule has 3 heteroatoms. The SMILES string of the molecule is CNC(Cc1cncc(Br)c1)C1CCC(C(C)C)CC1. The molecule has 0 aliphatic heterocycles. The summed E-state index contributed by atoms with van der Waals surface area (Å²) in [4.78, 5) is 4.28. The molecule has 0 amide bonds. The number of likely N-dealkylation sites (N-methyl/N-ethyl adjacent to an activating group) is 1. The van der Waals surface area contributed by atoms with Gasteiger partial charge in [-0.1, -0.05) is 13.8 Å². The predicted octanol–water partition coefficient (Wildman–Crippen LogP) is 4.44. The third-order valence-electron chi connectivity index (χ3n) is 4.92. The summed E-state index contributed by atoms with van der Waals surface area (Å²) in [5, 5.41) is 3.54. The highest BCUT2D eigenvalue weighted by molar-refractivity contribution is 9.10. The topological polar surface area (TPSA) is 24.9 Å². The molecule has 1 saturated carbocycles. The largest absolute Gasteiger partial charge is 0.316 e. The second-order valence-electron chi connectivity index (χ2n) is 6.53. The van der Waals surface area contributed by atoms with E-state index in [1.165, 1.54) is 31.2 Å². The number of pyridine rings is 1. The number of nitrogens with zero attached hydrogens (tertiary/aromatic N) is 1. The predicted molar refractivity (Wildman–Crippen MR) is 88.8 cm³/mol. The molecule has 0 bridgehead atoms. The summed E-state index contributed by atoms with van der Waals surface area (Å²) in [6.07, 6.45) is 10.5. The van der Waals surface area contributed by atoms with E-state index in [0.29, 0.717) is 6.04 Å². The van der Waals surface area contributed by atoms with Gasteiger partial charge in [0.2, 0.25) is 0 Å². The van der Waals surface area contributed by atoms with Crippen molar-refractivity contribution in [2.75, 3.05) is 7.05 Å². The van der Waals surface area contributed by atoms with E-state index in [0.717, 1.165) is 28.6 Å². The van der Waals surface area contributed by atoms with Crippen molar-refractivity contribution in [3.8, 4) is 0 Å². The van der Waals surface area contributed by atoms with Crippen LogP contribution in [-0.2, 0) is 6.42 Å². The average Bonchev–Trinajstić information content (AvgIpc) is 2.45. The standard InChI is InChI=1S/C17H27BrN2/c1-12(2)14-4-6-15(7-5-14)17(19-3)9-13-8-16(18)11-20-10-13/h8,10-12,14-15,17,19H,4-7,9H2,1-3H3. The van der Waals surface area contributed by atoms with Gasteiger partial charge in [-0.3, -0.25) is 4.98 Å². The lowest BCUT2D eigenvalue weighted by molar-refractivity contribution is 0.191. The van der Waals surface area contributed by atoms with Crippen molar-refractivity contribution < 1.29 is 0 Å². The van der Waals surface area contributed by atoms with Gasteiger partial charge in [-0.15, -0.1) is 0 Å². The Morgan fingerprint density at radius 1 is 1.20 bits per heavy atom. The molecule has 112 valence electrons. The summed E-state index contributed by atoms with van der Waals surface area (Å²) in [5.41, 5.74) is 1.32. The molecular formula is C17H27BrN2. The fourth-order valence-electron chi connectivity index (χ4n) is 3.54. The van der Waals surface area contributed by atoms with Gasteiger partial charge in [0.1, 0.15) is 0 Å². The zero-order valence-corrected chi connectivity index (χ0v) is 14.5. The van der Waals surface area contributed by atoms with Gasteiger partial charge in [0.05, 0.1) is 0 Å². The van der Waals surface area contributed by atoms with Gasteiger partial charge in [-0.25, -0.2) is 0 Å². The number of nitrogens with one attached hydrogen (secondary N) is 1. The molecule has 1 aliphatic carbocycles. The van der Waals surface area contributed by atoms with Crippen LogP contribution in [0.15, 0.2) is 22.9 Å². The number of hydrogen-bond acceptors (Lipinski definition) is 2. The summed E-state index contributed by atoms with van der Waals surface area (Å²) < 4.78 is 1.08. The van der Waals surface area contributed by atoms with Crippen LogP contribution in [0.4, 0.5) is 0 Å². The highest BCUT2D eigenvalue weighted by Gasteiger charge is 2.28. The minimum absolute atomic E-state index is 0.583. The fourth-order valence-corrected chi connectivity index (χ4v) is 3.95. The highest BCUT2D eigenvalue weighted by atomic mass is 79.9. The Morgan fingerprint density at radius 3 is 2.40 bits per heavy atom. The fraction of sp³-hybridized carbons (Fsp3) is 0.706. The Kier molecular flexibility index (Phi) is 6.03. The molecule has 1 fully saturated rings. The summed E-state index contributed by atoms with van der Waals surface area (Å²) >= 11 is 3.51. The zero-order valence-electron chi connectivity index (χ0n) is 12.9. The van der Waals surface area contributed by atoms with Crippen molar-refractivity contribution in [2.24, 2.45) is 17.8 Å². The van der Waals surface area contributed by atoms with Crippen LogP contribution in [0, 0.1) is 17.8 Å². The van der Waals surface area contributed by atoms with Crippen LogP contribution in [0.3, 0.4) is 0 Å². The molecule has 2 rings (SSSR count). The Morgan fingerprint density at radius 2 is 1.85 bits per heavy atom. The molecule has 1 heterocycles. The third kappa shape index (κ3) is 4.29. The van der Waals surface area contributed by atoms with Gasteiger partial charge < -0.3 is 5.32 Å². The molecule has 0 saturated heterocycles. The van der Waals surface area contributed by atoms with Gasteiger partial charge >= 0.3 is 0 Å². The van der Waals surface area contributed by atoms with Crippen molar-refractivity contribution in [1.29, 1.82) is 0 Å². The van der Waals surface area contributed by atoms with Crippen LogP contribution in [0.1, 0.15) is 45.1 Å². The van der Waals surface area contributed by atoms with Crippen LogP contribution in [0.2, 0.25) is 0 Å². The van der Waals surface area contributed by atoms with E-state index in [-0.39, 0.29) is 0 Å². The first-order chi connectivity index (χ1) is 9.60. The van der Waals surface area contributed by atoms with Crippen LogP contribution in [-0.4, -0.2) is 18.1 Å². The van der Waals surface area contributed by atoms with Gasteiger partial charge in [-0.05, 0) is 84.5 Å². The number of hydrogen-bond donors (Lipinski definition) is 1. The maximum atomic E-state index is 4.28. The average molecular weight is 339 g/mol. The van der Waals surface area contributed by atoms with E-state index < -0.39 is 0 Å². The summed E-state index contributed by atoms with van der Waals surface area (Å²) in [6, 6.07) is 2.77. The number of rotatable bonds is 5. The Hall–Kier alpha value is -0.410. The lowest BCUT2D eigenvalue weighted by Crippen LogP contribution is -2.38. The molecule has 0 radical (unpaired) electrons. The number of aromatic nitrogens is 1. The summed E-state index contributed by atoms with van der Waals surface area (Å²) in [5.74, 6) is 2.60. The monoisotopic (exact) mass is 338 g/mol. The van der Waals surface area contributed by atoms with Gasteiger partial charge in [-0.2, -0.15) is 0 Å². The molecule has 1 aromatic heterocycles. The summed E-state index contributed by atoms with van der Waals surface area (Å²) in [6.45, 7) is 4.74. The first-order valence-corrected chi connectivity index (χ1v) is 8.66. The van der Waals surface area contributed by atoms with Crippen molar-refractivity contribution >= 4 is 15.9 Å². The Labute approximate surface area is 131 Å². The normalized spacial score (nSPS) is 24.9. The molecular weight excluding hydrogens is 312 g/mol. The quantitative estimate of drug-likeness (QED) is 0.858. The van der Waals surface area contributed by atoms with E-state index in [1.54, 1.807) is 0 Å². The molecule has 1 unspecified atom stereocenters. The first-order valence-electron chi connectivity index (χ1n) is 7.86. The van der Waals surface area contributed by atoms with E-state index in [4.69, 9.17) is 0 Å². The zero-order chi connectivity index (χ0) is 14.5. The minimum Gasteiger partial charge on any atom is -0.316 e. The van der Waals surface area contributed by atoms with Crippen molar-refractivity contribution in [2.45, 2.75) is 52.0 Å². The third-order valence-corrected chi connectivity index (χ3v) is 5.35. The molecule has 2 nitrogen and oxygen atoms in total.